The molecule has 19 heavy (non-hydrogen) atoms. The number of rotatable bonds is 6. The summed E-state index contributed by atoms with van der Waals surface area (Å²) < 4.78 is 0. The van der Waals surface area contributed by atoms with Crippen molar-refractivity contribution in [1.29, 1.82) is 5.26 Å². The highest BCUT2D eigenvalue weighted by molar-refractivity contribution is 5.94. The summed E-state index contributed by atoms with van der Waals surface area (Å²) in [6, 6.07) is 5.72. The van der Waals surface area contributed by atoms with Crippen LogP contribution in [0.3, 0.4) is 0 Å². The zero-order valence-electron chi connectivity index (χ0n) is 10.5. The Kier molecular flexibility index (Phi) is 5.44. The lowest BCUT2D eigenvalue weighted by Crippen LogP contribution is -2.28. The number of nitro benzene ring substituents is 1. The minimum atomic E-state index is -0.629. The predicted octanol–water partition coefficient (Wildman–Crippen LogP) is 1.40. The lowest BCUT2D eigenvalue weighted by molar-refractivity contribution is -0.383. The number of nitro groups is 1. The summed E-state index contributed by atoms with van der Waals surface area (Å²) in [6.07, 6.45) is 0.893. The van der Waals surface area contributed by atoms with Gasteiger partial charge in [0, 0.05) is 6.07 Å². The number of carbonyl (C=O) groups is 1. The highest BCUT2D eigenvalue weighted by Gasteiger charge is 2.16. The van der Waals surface area contributed by atoms with Gasteiger partial charge in [-0.05, 0) is 25.1 Å². The average molecular weight is 262 g/mol. The van der Waals surface area contributed by atoms with Crippen LogP contribution in [0.15, 0.2) is 18.2 Å². The van der Waals surface area contributed by atoms with Crippen molar-refractivity contribution in [3.63, 3.8) is 0 Å². The fourth-order valence-electron chi connectivity index (χ4n) is 1.43. The van der Waals surface area contributed by atoms with Crippen LogP contribution in [-0.2, 0) is 4.79 Å². The van der Waals surface area contributed by atoms with Crippen LogP contribution in [0.2, 0.25) is 0 Å². The molecule has 0 aliphatic heterocycles. The van der Waals surface area contributed by atoms with Crippen LogP contribution in [0, 0.1) is 21.4 Å². The fourth-order valence-corrected chi connectivity index (χ4v) is 1.43. The van der Waals surface area contributed by atoms with E-state index in [-0.39, 0.29) is 29.4 Å². The number of amides is 1. The van der Waals surface area contributed by atoms with Crippen molar-refractivity contribution in [2.24, 2.45) is 0 Å². The van der Waals surface area contributed by atoms with Crippen molar-refractivity contribution in [2.45, 2.75) is 13.3 Å². The van der Waals surface area contributed by atoms with E-state index in [1.54, 1.807) is 0 Å². The van der Waals surface area contributed by atoms with Gasteiger partial charge in [-0.2, -0.15) is 5.26 Å². The SMILES string of the molecule is CCCNCC(=O)Nc1ccc(C#N)cc1[N+](=O)[O-]. The lowest BCUT2D eigenvalue weighted by Gasteiger charge is -2.06. The summed E-state index contributed by atoms with van der Waals surface area (Å²) in [5.74, 6) is -0.360. The van der Waals surface area contributed by atoms with E-state index in [9.17, 15) is 14.9 Å². The second kappa shape index (κ2) is 7.08. The van der Waals surface area contributed by atoms with Gasteiger partial charge in [-0.3, -0.25) is 14.9 Å². The molecule has 0 saturated heterocycles. The molecule has 1 aromatic carbocycles. The van der Waals surface area contributed by atoms with Gasteiger partial charge in [0.1, 0.15) is 5.69 Å². The first-order valence-electron chi connectivity index (χ1n) is 5.77. The van der Waals surface area contributed by atoms with Crippen LogP contribution in [0.4, 0.5) is 11.4 Å². The third kappa shape index (κ3) is 4.37. The zero-order chi connectivity index (χ0) is 14.3. The van der Waals surface area contributed by atoms with E-state index in [2.05, 4.69) is 10.6 Å². The van der Waals surface area contributed by atoms with Gasteiger partial charge in [0.2, 0.25) is 5.91 Å². The second-order valence-corrected chi connectivity index (χ2v) is 3.83. The molecule has 2 N–H and O–H groups in total. The summed E-state index contributed by atoms with van der Waals surface area (Å²) in [6.45, 7) is 2.75. The molecule has 1 amide bonds. The van der Waals surface area contributed by atoms with Crippen molar-refractivity contribution in [3.8, 4) is 6.07 Å². The van der Waals surface area contributed by atoms with Crippen LogP contribution in [-0.4, -0.2) is 23.9 Å². The van der Waals surface area contributed by atoms with Crippen LogP contribution < -0.4 is 10.6 Å². The number of benzene rings is 1. The Bertz CT molecular complexity index is 522. The molecular formula is C12H14N4O3. The van der Waals surface area contributed by atoms with Crippen LogP contribution in [0.25, 0.3) is 0 Å². The molecule has 7 heteroatoms. The molecule has 0 bridgehead atoms. The van der Waals surface area contributed by atoms with Crippen molar-refractivity contribution in [1.82, 2.24) is 5.32 Å². The maximum absolute atomic E-state index is 11.6. The molecule has 0 fully saturated rings. The first-order valence-corrected chi connectivity index (χ1v) is 5.77. The topological polar surface area (TPSA) is 108 Å². The molecule has 0 spiro atoms. The molecule has 0 aliphatic carbocycles. The van der Waals surface area contributed by atoms with E-state index in [1.165, 1.54) is 12.1 Å². The van der Waals surface area contributed by atoms with Gasteiger partial charge in [0.25, 0.3) is 5.69 Å². The van der Waals surface area contributed by atoms with Crippen molar-refractivity contribution >= 4 is 17.3 Å². The fraction of sp³-hybridized carbons (Fsp3) is 0.333. The summed E-state index contributed by atoms with van der Waals surface area (Å²) in [5.41, 5.74) is -0.0241. The smallest absolute Gasteiger partial charge is 0.294 e. The normalized spacial score (nSPS) is 9.68. The zero-order valence-corrected chi connectivity index (χ0v) is 10.5. The molecule has 1 aromatic rings. The molecule has 0 heterocycles. The Labute approximate surface area is 110 Å². The number of anilines is 1. The van der Waals surface area contributed by atoms with Crippen molar-refractivity contribution in [2.75, 3.05) is 18.4 Å². The van der Waals surface area contributed by atoms with Crippen LogP contribution >= 0.6 is 0 Å². The quantitative estimate of drug-likeness (QED) is 0.457. The number of hydrogen-bond donors (Lipinski definition) is 2. The summed E-state index contributed by atoms with van der Waals surface area (Å²) in [5, 5.41) is 24.9. The van der Waals surface area contributed by atoms with E-state index in [0.717, 1.165) is 12.5 Å². The highest BCUT2D eigenvalue weighted by Crippen LogP contribution is 2.25. The molecule has 1 rings (SSSR count). The highest BCUT2D eigenvalue weighted by atomic mass is 16.6. The van der Waals surface area contributed by atoms with Crippen molar-refractivity contribution < 1.29 is 9.72 Å². The molecule has 100 valence electrons. The van der Waals surface area contributed by atoms with E-state index < -0.39 is 4.92 Å². The second-order valence-electron chi connectivity index (χ2n) is 3.83. The molecule has 0 radical (unpaired) electrons. The standard InChI is InChI=1S/C12H14N4O3/c1-2-5-14-8-12(17)15-10-4-3-9(7-13)6-11(10)16(18)19/h3-4,6,14H,2,5,8H2,1H3,(H,15,17). The third-order valence-electron chi connectivity index (χ3n) is 2.31. The maximum atomic E-state index is 11.6. The van der Waals surface area contributed by atoms with E-state index >= 15 is 0 Å². The van der Waals surface area contributed by atoms with E-state index in [1.807, 2.05) is 13.0 Å². The Balaban J connectivity index is 2.80. The van der Waals surface area contributed by atoms with Gasteiger partial charge in [-0.25, -0.2) is 0 Å². The van der Waals surface area contributed by atoms with Crippen LogP contribution in [0.1, 0.15) is 18.9 Å². The Hall–Kier alpha value is -2.46. The molecule has 0 saturated carbocycles. The van der Waals surface area contributed by atoms with Gasteiger partial charge in [-0.1, -0.05) is 6.92 Å². The predicted molar refractivity (Wildman–Crippen MR) is 69.6 cm³/mol. The van der Waals surface area contributed by atoms with Gasteiger partial charge in [-0.15, -0.1) is 0 Å². The third-order valence-corrected chi connectivity index (χ3v) is 2.31. The van der Waals surface area contributed by atoms with Gasteiger partial charge in [0.15, 0.2) is 0 Å². The monoisotopic (exact) mass is 262 g/mol. The van der Waals surface area contributed by atoms with E-state index in [0.29, 0.717) is 6.54 Å². The molecule has 0 atom stereocenters. The average Bonchev–Trinajstić information content (AvgIpc) is 2.39. The maximum Gasteiger partial charge on any atom is 0.294 e. The van der Waals surface area contributed by atoms with Gasteiger partial charge >= 0.3 is 0 Å². The Morgan fingerprint density at radius 2 is 2.26 bits per heavy atom. The molecule has 0 aliphatic rings. The van der Waals surface area contributed by atoms with Crippen molar-refractivity contribution in [3.05, 3.63) is 33.9 Å². The number of carbonyl (C=O) groups excluding carboxylic acids is 1. The Morgan fingerprint density at radius 1 is 1.53 bits per heavy atom. The molecular weight excluding hydrogens is 248 g/mol. The first kappa shape index (κ1) is 14.6. The number of nitriles is 1. The molecule has 0 unspecified atom stereocenters. The number of hydrogen-bond acceptors (Lipinski definition) is 5. The largest absolute Gasteiger partial charge is 0.319 e. The number of nitrogens with one attached hydrogen (secondary N) is 2. The Morgan fingerprint density at radius 3 is 2.84 bits per heavy atom. The number of nitrogens with zero attached hydrogens (tertiary/aromatic N) is 2. The summed E-state index contributed by atoms with van der Waals surface area (Å²) in [4.78, 5) is 21.8. The summed E-state index contributed by atoms with van der Waals surface area (Å²) in [7, 11) is 0. The van der Waals surface area contributed by atoms with Gasteiger partial charge in [0.05, 0.1) is 23.1 Å². The van der Waals surface area contributed by atoms with Gasteiger partial charge < -0.3 is 10.6 Å². The molecule has 0 aromatic heterocycles. The lowest BCUT2D eigenvalue weighted by atomic mass is 10.2. The minimum absolute atomic E-state index is 0.0883. The summed E-state index contributed by atoms with van der Waals surface area (Å²) >= 11 is 0. The molecule has 7 nitrogen and oxygen atoms in total. The van der Waals surface area contributed by atoms with E-state index in [4.69, 9.17) is 5.26 Å². The minimum Gasteiger partial charge on any atom is -0.319 e. The van der Waals surface area contributed by atoms with Crippen LogP contribution in [0.5, 0.6) is 0 Å². The first-order chi connectivity index (χ1) is 9.08.